The summed E-state index contributed by atoms with van der Waals surface area (Å²) < 4.78 is 5.08. The summed E-state index contributed by atoms with van der Waals surface area (Å²) in [5, 5.41) is 22.4. The number of hydrogen-bond acceptors (Lipinski definition) is 5. The fourth-order valence-electron chi connectivity index (χ4n) is 2.14. The van der Waals surface area contributed by atoms with Crippen LogP contribution < -0.4 is 5.32 Å². The number of hydrogen-bond donors (Lipinski definition) is 1. The van der Waals surface area contributed by atoms with Crippen molar-refractivity contribution in [1.82, 2.24) is 5.32 Å². The predicted octanol–water partition coefficient (Wildman–Crippen LogP) is 3.80. The normalized spacial score (nSPS) is 10.3. The molecule has 0 saturated carbocycles. The molecule has 0 aliphatic heterocycles. The van der Waals surface area contributed by atoms with Crippen LogP contribution in [-0.2, 0) is 11.3 Å². The van der Waals surface area contributed by atoms with E-state index in [0.717, 1.165) is 5.56 Å². The van der Waals surface area contributed by atoms with Gasteiger partial charge in [-0.25, -0.2) is 4.79 Å². The van der Waals surface area contributed by atoms with Crippen LogP contribution in [0, 0.1) is 21.4 Å². The molecule has 0 aromatic heterocycles. The van der Waals surface area contributed by atoms with Crippen LogP contribution in [0.3, 0.4) is 0 Å². The standard InChI is InChI=1S/C19H17N3O4/c20-13-17-12-18(22(24)25)10-9-16(17)8-4-5-11-21-19(23)26-14-15-6-2-1-3-7-15/h1-4,6-10,12H,5,11,14H2,(H,21,23). The number of rotatable bonds is 7. The first kappa shape index (κ1) is 18.7. The van der Waals surface area contributed by atoms with E-state index in [2.05, 4.69) is 5.32 Å². The molecule has 7 heteroatoms. The summed E-state index contributed by atoms with van der Waals surface area (Å²) in [6, 6.07) is 15.4. The molecule has 0 spiro atoms. The van der Waals surface area contributed by atoms with Gasteiger partial charge in [0.1, 0.15) is 12.7 Å². The summed E-state index contributed by atoms with van der Waals surface area (Å²) in [7, 11) is 0. The molecule has 7 nitrogen and oxygen atoms in total. The molecule has 1 amide bonds. The molecule has 1 N–H and O–H groups in total. The van der Waals surface area contributed by atoms with E-state index >= 15 is 0 Å². The van der Waals surface area contributed by atoms with Gasteiger partial charge in [0.25, 0.3) is 5.69 Å². The summed E-state index contributed by atoms with van der Waals surface area (Å²) >= 11 is 0. The smallest absolute Gasteiger partial charge is 0.407 e. The predicted molar refractivity (Wildman–Crippen MR) is 96.1 cm³/mol. The highest BCUT2D eigenvalue weighted by molar-refractivity contribution is 5.67. The molecule has 0 radical (unpaired) electrons. The van der Waals surface area contributed by atoms with Crippen molar-refractivity contribution < 1.29 is 14.5 Å². The Morgan fingerprint density at radius 1 is 1.27 bits per heavy atom. The Morgan fingerprint density at radius 2 is 2.04 bits per heavy atom. The largest absolute Gasteiger partial charge is 0.445 e. The Kier molecular flexibility index (Phi) is 6.89. The lowest BCUT2D eigenvalue weighted by molar-refractivity contribution is -0.384. The van der Waals surface area contributed by atoms with Gasteiger partial charge in [0.2, 0.25) is 0 Å². The summed E-state index contributed by atoms with van der Waals surface area (Å²) in [4.78, 5) is 21.8. The van der Waals surface area contributed by atoms with Gasteiger partial charge in [-0.3, -0.25) is 10.1 Å². The van der Waals surface area contributed by atoms with Gasteiger partial charge < -0.3 is 10.1 Å². The number of carbonyl (C=O) groups excluding carboxylic acids is 1. The van der Waals surface area contributed by atoms with E-state index in [1.54, 1.807) is 12.2 Å². The molecule has 0 aliphatic carbocycles. The van der Waals surface area contributed by atoms with Gasteiger partial charge in [-0.2, -0.15) is 5.26 Å². The molecule has 0 saturated heterocycles. The highest BCUT2D eigenvalue weighted by atomic mass is 16.6. The van der Waals surface area contributed by atoms with Crippen molar-refractivity contribution in [3.8, 4) is 6.07 Å². The highest BCUT2D eigenvalue weighted by Gasteiger charge is 2.08. The van der Waals surface area contributed by atoms with Crippen LogP contribution in [0.15, 0.2) is 54.6 Å². The van der Waals surface area contributed by atoms with Gasteiger partial charge in [-0.15, -0.1) is 0 Å². The van der Waals surface area contributed by atoms with Crippen molar-refractivity contribution in [1.29, 1.82) is 5.26 Å². The maximum absolute atomic E-state index is 11.6. The molecule has 0 fully saturated rings. The van der Waals surface area contributed by atoms with Crippen molar-refractivity contribution in [2.24, 2.45) is 0 Å². The summed E-state index contributed by atoms with van der Waals surface area (Å²) in [6.07, 6.45) is 3.50. The van der Waals surface area contributed by atoms with Gasteiger partial charge in [-0.1, -0.05) is 42.5 Å². The van der Waals surface area contributed by atoms with Gasteiger partial charge in [0.15, 0.2) is 0 Å². The van der Waals surface area contributed by atoms with Crippen LogP contribution in [0.25, 0.3) is 6.08 Å². The molecule has 132 valence electrons. The topological polar surface area (TPSA) is 105 Å². The first-order valence-corrected chi connectivity index (χ1v) is 7.90. The maximum Gasteiger partial charge on any atom is 0.407 e. The third-order valence-electron chi connectivity index (χ3n) is 3.46. The van der Waals surface area contributed by atoms with Crippen LogP contribution in [0.4, 0.5) is 10.5 Å². The number of non-ortho nitro benzene ring substituents is 1. The second kappa shape index (κ2) is 9.59. The fraction of sp³-hybridized carbons (Fsp3) is 0.158. The molecular formula is C19H17N3O4. The van der Waals surface area contributed by atoms with Gasteiger partial charge in [-0.05, 0) is 23.6 Å². The minimum atomic E-state index is -0.542. The molecular weight excluding hydrogens is 334 g/mol. The van der Waals surface area contributed by atoms with Crippen LogP contribution in [0.2, 0.25) is 0 Å². The van der Waals surface area contributed by atoms with Crippen LogP contribution in [-0.4, -0.2) is 17.6 Å². The summed E-state index contributed by atoms with van der Waals surface area (Å²) in [5.74, 6) is 0. The molecule has 0 atom stereocenters. The molecule has 0 unspecified atom stereocenters. The Labute approximate surface area is 150 Å². The number of nitriles is 1. The Hall–Kier alpha value is -3.66. The third-order valence-corrected chi connectivity index (χ3v) is 3.46. The number of ether oxygens (including phenoxy) is 1. The SMILES string of the molecule is N#Cc1cc([N+](=O)[O-])ccc1C=CCCNC(=O)OCc1ccccc1. The van der Waals surface area contributed by atoms with E-state index in [-0.39, 0.29) is 17.9 Å². The maximum atomic E-state index is 11.6. The summed E-state index contributed by atoms with van der Waals surface area (Å²) in [5.41, 5.74) is 1.60. The number of nitro groups is 1. The number of alkyl carbamates (subject to hydrolysis) is 1. The van der Waals surface area contributed by atoms with E-state index in [9.17, 15) is 14.9 Å². The van der Waals surface area contributed by atoms with Gasteiger partial charge in [0.05, 0.1) is 10.5 Å². The number of nitrogens with one attached hydrogen (secondary N) is 1. The minimum absolute atomic E-state index is 0.124. The lowest BCUT2D eigenvalue weighted by atomic mass is 10.1. The van der Waals surface area contributed by atoms with E-state index < -0.39 is 11.0 Å². The molecule has 26 heavy (non-hydrogen) atoms. The highest BCUT2D eigenvalue weighted by Crippen LogP contribution is 2.18. The van der Waals surface area contributed by atoms with E-state index in [1.165, 1.54) is 18.2 Å². The number of amides is 1. The number of nitro benzene ring substituents is 1. The molecule has 2 aromatic carbocycles. The zero-order valence-corrected chi connectivity index (χ0v) is 13.9. The first-order chi connectivity index (χ1) is 12.6. The van der Waals surface area contributed by atoms with Gasteiger partial charge in [0, 0.05) is 18.7 Å². The number of nitrogens with zero attached hydrogens (tertiary/aromatic N) is 2. The average Bonchev–Trinajstić information content (AvgIpc) is 2.66. The van der Waals surface area contributed by atoms with E-state index in [0.29, 0.717) is 18.5 Å². The van der Waals surface area contributed by atoms with Crippen LogP contribution in [0.5, 0.6) is 0 Å². The fourth-order valence-corrected chi connectivity index (χ4v) is 2.14. The van der Waals surface area contributed by atoms with Crippen molar-refractivity contribution in [2.75, 3.05) is 6.54 Å². The molecule has 2 aromatic rings. The number of benzene rings is 2. The van der Waals surface area contributed by atoms with Crippen LogP contribution in [0.1, 0.15) is 23.1 Å². The second-order valence-corrected chi connectivity index (χ2v) is 5.32. The molecule has 0 bridgehead atoms. The Bertz CT molecular complexity index is 842. The van der Waals surface area contributed by atoms with Crippen molar-refractivity contribution in [3.63, 3.8) is 0 Å². The lowest BCUT2D eigenvalue weighted by Gasteiger charge is -2.06. The Balaban J connectivity index is 1.76. The van der Waals surface area contributed by atoms with Crippen molar-refractivity contribution in [3.05, 3.63) is 81.4 Å². The monoisotopic (exact) mass is 351 g/mol. The van der Waals surface area contributed by atoms with Gasteiger partial charge >= 0.3 is 6.09 Å². The van der Waals surface area contributed by atoms with Crippen molar-refractivity contribution >= 4 is 17.9 Å². The van der Waals surface area contributed by atoms with Crippen molar-refractivity contribution in [2.45, 2.75) is 13.0 Å². The Morgan fingerprint density at radius 3 is 2.73 bits per heavy atom. The van der Waals surface area contributed by atoms with E-state index in [1.807, 2.05) is 36.4 Å². The van der Waals surface area contributed by atoms with Crippen LogP contribution >= 0.6 is 0 Å². The quantitative estimate of drug-likeness (QED) is 0.464. The lowest BCUT2D eigenvalue weighted by Crippen LogP contribution is -2.24. The third kappa shape index (κ3) is 5.76. The number of carbonyl (C=O) groups is 1. The van der Waals surface area contributed by atoms with E-state index in [4.69, 9.17) is 10.00 Å². The average molecular weight is 351 g/mol. The molecule has 0 aliphatic rings. The second-order valence-electron chi connectivity index (χ2n) is 5.32. The first-order valence-electron chi connectivity index (χ1n) is 7.90. The zero-order chi connectivity index (χ0) is 18.8. The molecule has 2 rings (SSSR count). The minimum Gasteiger partial charge on any atom is -0.445 e. The molecule has 0 heterocycles. The summed E-state index contributed by atoms with van der Waals surface area (Å²) in [6.45, 7) is 0.579. The zero-order valence-electron chi connectivity index (χ0n) is 13.9.